The number of hydrogen-bond donors (Lipinski definition) is 1. The molecule has 0 saturated heterocycles. The van der Waals surface area contributed by atoms with Crippen LogP contribution in [0.25, 0.3) is 0 Å². The van der Waals surface area contributed by atoms with E-state index >= 15 is 0 Å². The highest BCUT2D eigenvalue weighted by atomic mass is 19.4. The van der Waals surface area contributed by atoms with Gasteiger partial charge >= 0.3 is 12.1 Å². The highest BCUT2D eigenvalue weighted by Gasteiger charge is 2.30. The average Bonchev–Trinajstić information content (AvgIpc) is 2.97. The molecule has 0 aliphatic carbocycles. The van der Waals surface area contributed by atoms with Crippen molar-refractivity contribution in [1.82, 2.24) is 4.57 Å². The van der Waals surface area contributed by atoms with Crippen LogP contribution in [0, 0.1) is 13.8 Å². The molecule has 2 heterocycles. The molecule has 7 nitrogen and oxygen atoms in total. The summed E-state index contributed by atoms with van der Waals surface area (Å²) in [5, 5.41) is 2.74. The molecule has 1 amide bonds. The van der Waals surface area contributed by atoms with Crippen molar-refractivity contribution in [1.29, 1.82) is 0 Å². The van der Waals surface area contributed by atoms with Crippen molar-refractivity contribution in [3.63, 3.8) is 0 Å². The van der Waals surface area contributed by atoms with E-state index in [9.17, 15) is 27.6 Å². The molecule has 0 spiro atoms. The van der Waals surface area contributed by atoms with Gasteiger partial charge in [0.1, 0.15) is 12.3 Å². The summed E-state index contributed by atoms with van der Waals surface area (Å²) in [6, 6.07) is 6.33. The first-order valence-corrected chi connectivity index (χ1v) is 9.51. The zero-order chi connectivity index (χ0) is 22.8. The van der Waals surface area contributed by atoms with Crippen LogP contribution < -0.4 is 10.1 Å². The molecule has 1 N–H and O–H groups in total. The monoisotopic (exact) mass is 438 g/mol. The van der Waals surface area contributed by atoms with Gasteiger partial charge in [-0.3, -0.25) is 9.59 Å². The molecule has 0 bridgehead atoms. The van der Waals surface area contributed by atoms with Crippen LogP contribution in [0.4, 0.5) is 18.9 Å². The Morgan fingerprint density at radius 2 is 1.87 bits per heavy atom. The molecule has 0 saturated carbocycles. The van der Waals surface area contributed by atoms with Gasteiger partial charge in [0.25, 0.3) is 0 Å². The number of ether oxygens (including phenoxy) is 2. The number of nitrogens with zero attached hydrogens (tertiary/aromatic N) is 1. The number of benzene rings is 1. The normalized spacial score (nSPS) is 13.4. The molecule has 1 aliphatic rings. The van der Waals surface area contributed by atoms with Gasteiger partial charge in [-0.2, -0.15) is 13.2 Å². The molecule has 10 heteroatoms. The van der Waals surface area contributed by atoms with Crippen LogP contribution in [0.2, 0.25) is 0 Å². The van der Waals surface area contributed by atoms with Gasteiger partial charge in [0, 0.05) is 29.1 Å². The van der Waals surface area contributed by atoms with Crippen LogP contribution in [0.3, 0.4) is 0 Å². The van der Waals surface area contributed by atoms with Gasteiger partial charge in [-0.15, -0.1) is 0 Å². The standard InChI is InChI=1S/C21H21F3N2O5/c1-12-7-16(13(2)26(12)11-21(22,23)24)18(27)9-31-20(29)10-30-15-4-5-17-14(8-15)3-6-19(28)25-17/h4-5,7-8H,3,6,9-11H2,1-2H3,(H,25,28). The predicted octanol–water partition coefficient (Wildman–Crippen LogP) is 3.36. The number of esters is 1. The Bertz CT molecular complexity index is 1030. The van der Waals surface area contributed by atoms with Crippen LogP contribution in [0.5, 0.6) is 5.75 Å². The van der Waals surface area contributed by atoms with E-state index in [1.165, 1.54) is 19.9 Å². The number of aromatic nitrogens is 1. The van der Waals surface area contributed by atoms with E-state index in [1.807, 2.05) is 0 Å². The minimum absolute atomic E-state index is 0.0615. The maximum absolute atomic E-state index is 12.7. The molecule has 31 heavy (non-hydrogen) atoms. The van der Waals surface area contributed by atoms with Crippen molar-refractivity contribution in [2.75, 3.05) is 18.5 Å². The van der Waals surface area contributed by atoms with Gasteiger partial charge in [0.15, 0.2) is 13.2 Å². The molecule has 0 unspecified atom stereocenters. The summed E-state index contributed by atoms with van der Waals surface area (Å²) in [5.41, 5.74) is 2.10. The van der Waals surface area contributed by atoms with Gasteiger partial charge in [0.05, 0.1) is 0 Å². The number of amides is 1. The van der Waals surface area contributed by atoms with E-state index in [0.29, 0.717) is 24.3 Å². The third-order valence-corrected chi connectivity index (χ3v) is 4.90. The highest BCUT2D eigenvalue weighted by Crippen LogP contribution is 2.27. The van der Waals surface area contributed by atoms with E-state index in [4.69, 9.17) is 9.47 Å². The predicted molar refractivity (Wildman–Crippen MR) is 104 cm³/mol. The number of rotatable bonds is 7. The smallest absolute Gasteiger partial charge is 0.406 e. The number of hydrogen-bond acceptors (Lipinski definition) is 5. The van der Waals surface area contributed by atoms with Crippen LogP contribution >= 0.6 is 0 Å². The lowest BCUT2D eigenvalue weighted by atomic mass is 10.0. The fraction of sp³-hybridized carbons (Fsp3) is 0.381. The minimum atomic E-state index is -4.42. The number of anilines is 1. The van der Waals surface area contributed by atoms with E-state index < -0.39 is 37.7 Å². The van der Waals surface area contributed by atoms with Gasteiger partial charge in [-0.25, -0.2) is 4.79 Å². The Hall–Kier alpha value is -3.30. The number of halogens is 3. The fourth-order valence-electron chi connectivity index (χ4n) is 3.36. The Morgan fingerprint density at radius 3 is 2.58 bits per heavy atom. The summed E-state index contributed by atoms with van der Waals surface area (Å²) in [4.78, 5) is 35.6. The lowest BCUT2D eigenvalue weighted by molar-refractivity contribution is -0.144. The number of fused-ring (bicyclic) bond motifs is 1. The van der Waals surface area contributed by atoms with Crippen LogP contribution in [0.1, 0.15) is 33.7 Å². The summed E-state index contributed by atoms with van der Waals surface area (Å²) in [6.07, 6.45) is -3.49. The molecule has 1 aromatic carbocycles. The summed E-state index contributed by atoms with van der Waals surface area (Å²) >= 11 is 0. The van der Waals surface area contributed by atoms with Crippen LogP contribution in [-0.2, 0) is 27.3 Å². The number of ketones is 1. The van der Waals surface area contributed by atoms with Crippen LogP contribution in [0.15, 0.2) is 24.3 Å². The second kappa shape index (κ2) is 8.83. The van der Waals surface area contributed by atoms with E-state index in [2.05, 4.69) is 5.32 Å². The number of nitrogens with one attached hydrogen (secondary N) is 1. The van der Waals surface area contributed by atoms with Crippen molar-refractivity contribution in [3.8, 4) is 5.75 Å². The van der Waals surface area contributed by atoms with Crippen molar-refractivity contribution < 1.29 is 37.0 Å². The molecule has 166 valence electrons. The third-order valence-electron chi connectivity index (χ3n) is 4.90. The minimum Gasteiger partial charge on any atom is -0.482 e. The first-order chi connectivity index (χ1) is 14.5. The van der Waals surface area contributed by atoms with Crippen molar-refractivity contribution >= 4 is 23.3 Å². The maximum Gasteiger partial charge on any atom is 0.406 e. The molecule has 0 atom stereocenters. The summed E-state index contributed by atoms with van der Waals surface area (Å²) < 4.78 is 49.4. The summed E-state index contributed by atoms with van der Waals surface area (Å²) in [7, 11) is 0. The fourth-order valence-corrected chi connectivity index (χ4v) is 3.36. The number of alkyl halides is 3. The Morgan fingerprint density at radius 1 is 1.13 bits per heavy atom. The molecular formula is C21H21F3N2O5. The molecule has 2 aromatic rings. The molecule has 1 aliphatic heterocycles. The Balaban J connectivity index is 1.53. The topological polar surface area (TPSA) is 86.6 Å². The summed E-state index contributed by atoms with van der Waals surface area (Å²) in [6.45, 7) is 0.644. The van der Waals surface area contributed by atoms with Gasteiger partial charge in [-0.1, -0.05) is 0 Å². The van der Waals surface area contributed by atoms with Gasteiger partial charge in [-0.05, 0) is 50.1 Å². The molecule has 1 aromatic heterocycles. The molecule has 0 fully saturated rings. The van der Waals surface area contributed by atoms with Gasteiger partial charge < -0.3 is 19.4 Å². The first-order valence-electron chi connectivity index (χ1n) is 9.51. The Kier molecular flexibility index (Phi) is 6.37. The SMILES string of the molecule is Cc1cc(C(=O)COC(=O)COc2ccc3c(c2)CCC(=O)N3)c(C)n1CC(F)(F)F. The maximum atomic E-state index is 12.7. The largest absolute Gasteiger partial charge is 0.482 e. The van der Waals surface area contributed by atoms with Crippen molar-refractivity contribution in [2.24, 2.45) is 0 Å². The molecule has 0 radical (unpaired) electrons. The lowest BCUT2D eigenvalue weighted by Gasteiger charge is -2.17. The first kappa shape index (κ1) is 22.4. The second-order valence-electron chi connectivity index (χ2n) is 7.23. The van der Waals surface area contributed by atoms with Crippen molar-refractivity contribution in [3.05, 3.63) is 46.8 Å². The average molecular weight is 438 g/mol. The summed E-state index contributed by atoms with van der Waals surface area (Å²) in [5.74, 6) is -1.04. The number of carbonyl (C=O) groups is 3. The molecular weight excluding hydrogens is 417 g/mol. The number of carbonyl (C=O) groups excluding carboxylic acids is 3. The molecule has 3 rings (SSSR count). The highest BCUT2D eigenvalue weighted by molar-refractivity contribution is 5.99. The third kappa shape index (κ3) is 5.65. The van der Waals surface area contributed by atoms with E-state index in [1.54, 1.807) is 18.2 Å². The quantitative estimate of drug-likeness (QED) is 0.529. The number of Topliss-reactive ketones (excluding diaryl/α,β-unsaturated/α-hetero) is 1. The zero-order valence-corrected chi connectivity index (χ0v) is 17.0. The van der Waals surface area contributed by atoms with E-state index in [-0.39, 0.29) is 22.9 Å². The zero-order valence-electron chi connectivity index (χ0n) is 17.0. The second-order valence-corrected chi connectivity index (χ2v) is 7.23. The Labute approximate surface area is 176 Å². The van der Waals surface area contributed by atoms with Crippen LogP contribution in [-0.4, -0.2) is 41.6 Å². The van der Waals surface area contributed by atoms with Gasteiger partial charge in [0.2, 0.25) is 11.7 Å². The van der Waals surface area contributed by atoms with E-state index in [0.717, 1.165) is 10.1 Å². The van der Waals surface area contributed by atoms with Crippen molar-refractivity contribution in [2.45, 2.75) is 39.4 Å². The number of aryl methyl sites for hydroxylation is 2. The lowest BCUT2D eigenvalue weighted by Crippen LogP contribution is -2.21.